The number of hydrogen-bond acceptors (Lipinski definition) is 8. The molecule has 2 fully saturated rings. The van der Waals surface area contributed by atoms with Gasteiger partial charge in [-0.1, -0.05) is 19.4 Å². The van der Waals surface area contributed by atoms with Gasteiger partial charge in [0.2, 0.25) is 11.8 Å². The summed E-state index contributed by atoms with van der Waals surface area (Å²) in [6.07, 6.45) is 2.77. The van der Waals surface area contributed by atoms with E-state index in [1.54, 1.807) is 11.8 Å². The summed E-state index contributed by atoms with van der Waals surface area (Å²) in [5, 5.41) is 3.04. The first kappa shape index (κ1) is 31.5. The van der Waals surface area contributed by atoms with Gasteiger partial charge >= 0.3 is 5.97 Å². The molecular weight excluding hydrogens is 542 g/mol. The Hall–Kier alpha value is -2.46. The number of nitrogens with zero attached hydrogens (tertiary/aromatic N) is 2. The highest BCUT2D eigenvalue weighted by Crippen LogP contribution is 2.38. The summed E-state index contributed by atoms with van der Waals surface area (Å²) in [4.78, 5) is 45.4. The highest BCUT2D eigenvalue weighted by molar-refractivity contribution is 7.99. The van der Waals surface area contributed by atoms with Gasteiger partial charge in [0.15, 0.2) is 11.5 Å². The second-order valence-electron chi connectivity index (χ2n) is 12.3. The van der Waals surface area contributed by atoms with Gasteiger partial charge in [-0.3, -0.25) is 19.3 Å². The standard InChI is InChI=1S/C31H47N3O6S/c1-6-8-13-34(27(35)23-20-41-21-24(23)28(36)40-30(3,4)5)31(29(37)32-7-2)11-14-33(15-12-31)19-22-9-10-25-26(18-22)39-17-16-38-25/h9-10,18,23-24H,6-8,11-17,19-21H2,1-5H3,(H,32,37). The predicted molar refractivity (Wildman–Crippen MR) is 160 cm³/mol. The molecule has 41 heavy (non-hydrogen) atoms. The van der Waals surface area contributed by atoms with E-state index >= 15 is 0 Å². The van der Waals surface area contributed by atoms with Crippen LogP contribution in [0.15, 0.2) is 18.2 Å². The molecule has 3 heterocycles. The van der Waals surface area contributed by atoms with Crippen LogP contribution in [0.1, 0.15) is 65.9 Å². The number of hydrogen-bond donors (Lipinski definition) is 1. The van der Waals surface area contributed by atoms with Gasteiger partial charge in [-0.25, -0.2) is 0 Å². The van der Waals surface area contributed by atoms with E-state index in [4.69, 9.17) is 14.2 Å². The van der Waals surface area contributed by atoms with Crippen LogP contribution in [0.2, 0.25) is 0 Å². The lowest BCUT2D eigenvalue weighted by atomic mass is 9.82. The van der Waals surface area contributed by atoms with Crippen molar-refractivity contribution in [1.82, 2.24) is 15.1 Å². The summed E-state index contributed by atoms with van der Waals surface area (Å²) in [5.74, 6) is 1.16. The smallest absolute Gasteiger partial charge is 0.311 e. The minimum absolute atomic E-state index is 0.0918. The zero-order valence-electron chi connectivity index (χ0n) is 25.3. The molecule has 2 amide bonds. The Kier molecular flexibility index (Phi) is 10.5. The van der Waals surface area contributed by atoms with Crippen molar-refractivity contribution in [2.75, 3.05) is 50.9 Å². The fraction of sp³-hybridized carbons (Fsp3) is 0.710. The van der Waals surface area contributed by atoms with Crippen molar-refractivity contribution in [3.8, 4) is 11.5 Å². The average Bonchev–Trinajstić information content (AvgIpc) is 3.44. The SMILES string of the molecule is CCCCN(C(=O)C1CSCC1C(=O)OC(C)(C)C)C1(C(=O)NCC)CCN(Cc2ccc3c(c2)OCCO3)CC1. The maximum absolute atomic E-state index is 14.3. The predicted octanol–water partition coefficient (Wildman–Crippen LogP) is 3.88. The van der Waals surface area contributed by atoms with Gasteiger partial charge in [0.1, 0.15) is 24.4 Å². The number of carbonyl (C=O) groups excluding carboxylic acids is 3. The number of fused-ring (bicyclic) bond motifs is 1. The van der Waals surface area contributed by atoms with Gasteiger partial charge in [-0.05, 0) is 64.7 Å². The van der Waals surface area contributed by atoms with Gasteiger partial charge in [0, 0.05) is 44.2 Å². The van der Waals surface area contributed by atoms with E-state index in [1.807, 2.05) is 44.7 Å². The van der Waals surface area contributed by atoms with Crippen LogP contribution < -0.4 is 14.8 Å². The lowest BCUT2D eigenvalue weighted by molar-refractivity contribution is -0.165. The Morgan fingerprint density at radius 3 is 2.41 bits per heavy atom. The van der Waals surface area contributed by atoms with Crippen LogP contribution in [0.3, 0.4) is 0 Å². The molecule has 0 aromatic heterocycles. The van der Waals surface area contributed by atoms with Crippen LogP contribution in [-0.2, 0) is 25.7 Å². The molecule has 0 spiro atoms. The summed E-state index contributed by atoms with van der Waals surface area (Å²) in [7, 11) is 0. The van der Waals surface area contributed by atoms with E-state index < -0.39 is 23.0 Å². The number of thioether (sulfide) groups is 1. The fourth-order valence-corrected chi connectivity index (χ4v) is 7.32. The van der Waals surface area contributed by atoms with Crippen molar-refractivity contribution in [2.24, 2.45) is 11.8 Å². The molecule has 1 N–H and O–H groups in total. The third-order valence-corrected chi connectivity index (χ3v) is 9.27. The molecule has 1 aromatic carbocycles. The van der Waals surface area contributed by atoms with Gasteiger partial charge in [-0.15, -0.1) is 0 Å². The lowest BCUT2D eigenvalue weighted by Gasteiger charge is -2.48. The van der Waals surface area contributed by atoms with Crippen molar-refractivity contribution in [1.29, 1.82) is 0 Å². The second-order valence-corrected chi connectivity index (χ2v) is 13.3. The molecule has 3 aliphatic rings. The monoisotopic (exact) mass is 589 g/mol. The highest BCUT2D eigenvalue weighted by Gasteiger charge is 2.51. The maximum Gasteiger partial charge on any atom is 0.311 e. The number of likely N-dealkylation sites (tertiary alicyclic amines) is 1. The Labute approximate surface area is 249 Å². The molecule has 1 aromatic rings. The normalized spacial score (nSPS) is 22.2. The van der Waals surface area contributed by atoms with E-state index in [1.165, 1.54) is 0 Å². The Morgan fingerprint density at radius 1 is 1.07 bits per heavy atom. The molecule has 0 saturated carbocycles. The summed E-state index contributed by atoms with van der Waals surface area (Å²) in [5.41, 5.74) is -0.439. The largest absolute Gasteiger partial charge is 0.486 e. The Morgan fingerprint density at radius 2 is 1.76 bits per heavy atom. The maximum atomic E-state index is 14.3. The van der Waals surface area contributed by atoms with Crippen LogP contribution in [0.25, 0.3) is 0 Å². The number of piperidine rings is 1. The topological polar surface area (TPSA) is 97.4 Å². The zero-order valence-corrected chi connectivity index (χ0v) is 26.1. The molecule has 0 bridgehead atoms. The molecule has 228 valence electrons. The minimum atomic E-state index is -0.947. The number of amides is 2. The van der Waals surface area contributed by atoms with Gasteiger partial charge in [0.25, 0.3) is 0 Å². The van der Waals surface area contributed by atoms with Crippen molar-refractivity contribution < 1.29 is 28.6 Å². The number of carbonyl (C=O) groups is 3. The van der Waals surface area contributed by atoms with Crippen molar-refractivity contribution >= 4 is 29.5 Å². The quantitative estimate of drug-likeness (QED) is 0.411. The van der Waals surface area contributed by atoms with Crippen LogP contribution in [-0.4, -0.2) is 89.6 Å². The summed E-state index contributed by atoms with van der Waals surface area (Å²) in [6, 6.07) is 6.05. The third-order valence-electron chi connectivity index (χ3n) is 8.08. The van der Waals surface area contributed by atoms with Gasteiger partial charge in [0.05, 0.1) is 11.8 Å². The molecule has 2 saturated heterocycles. The van der Waals surface area contributed by atoms with Crippen molar-refractivity contribution in [3.63, 3.8) is 0 Å². The second kappa shape index (κ2) is 13.7. The molecule has 2 atom stereocenters. The van der Waals surface area contributed by atoms with Crippen molar-refractivity contribution in [2.45, 2.75) is 78.0 Å². The zero-order chi connectivity index (χ0) is 29.6. The molecule has 4 rings (SSSR count). The van der Waals surface area contributed by atoms with Crippen LogP contribution in [0.5, 0.6) is 11.5 Å². The first-order valence-electron chi connectivity index (χ1n) is 15.1. The third kappa shape index (κ3) is 7.49. The van der Waals surface area contributed by atoms with E-state index in [-0.39, 0.29) is 17.8 Å². The number of benzene rings is 1. The van der Waals surface area contributed by atoms with E-state index in [0.29, 0.717) is 63.7 Å². The number of unbranched alkanes of at least 4 members (excludes halogenated alkanes) is 1. The minimum Gasteiger partial charge on any atom is -0.486 e. The average molecular weight is 590 g/mol. The molecule has 10 heteroatoms. The van der Waals surface area contributed by atoms with E-state index in [9.17, 15) is 14.4 Å². The van der Waals surface area contributed by atoms with Crippen LogP contribution >= 0.6 is 11.8 Å². The molecule has 9 nitrogen and oxygen atoms in total. The number of ether oxygens (including phenoxy) is 3. The first-order valence-corrected chi connectivity index (χ1v) is 16.2. The van der Waals surface area contributed by atoms with E-state index in [2.05, 4.69) is 23.2 Å². The Balaban J connectivity index is 1.54. The van der Waals surface area contributed by atoms with Gasteiger partial charge < -0.3 is 24.4 Å². The van der Waals surface area contributed by atoms with Crippen LogP contribution in [0, 0.1) is 11.8 Å². The van der Waals surface area contributed by atoms with Crippen LogP contribution in [0.4, 0.5) is 0 Å². The Bertz CT molecular complexity index is 1080. The van der Waals surface area contributed by atoms with Gasteiger partial charge in [-0.2, -0.15) is 11.8 Å². The number of nitrogens with one attached hydrogen (secondary N) is 1. The first-order chi connectivity index (χ1) is 19.6. The van der Waals surface area contributed by atoms with E-state index in [0.717, 1.165) is 36.4 Å². The highest BCUT2D eigenvalue weighted by atomic mass is 32.2. The number of esters is 1. The molecule has 2 unspecified atom stereocenters. The van der Waals surface area contributed by atoms with Crippen molar-refractivity contribution in [3.05, 3.63) is 23.8 Å². The summed E-state index contributed by atoms with van der Waals surface area (Å²) >= 11 is 1.61. The number of rotatable bonds is 10. The fourth-order valence-electron chi connectivity index (χ4n) is 5.93. The molecule has 0 radical (unpaired) electrons. The molecule has 3 aliphatic heterocycles. The molecular formula is C31H47N3O6S. The lowest BCUT2D eigenvalue weighted by Crippen LogP contribution is -2.66. The number of likely N-dealkylation sites (N-methyl/N-ethyl adjacent to an activating group) is 1. The molecule has 0 aliphatic carbocycles. The summed E-state index contributed by atoms with van der Waals surface area (Å²) in [6.45, 7) is 13.7. The summed E-state index contributed by atoms with van der Waals surface area (Å²) < 4.78 is 17.1.